The lowest BCUT2D eigenvalue weighted by molar-refractivity contribution is -0.384. The Morgan fingerprint density at radius 2 is 2.14 bits per heavy atom. The number of nitrogens with one attached hydrogen (secondary N) is 2. The number of piperidine rings is 1. The number of benzene rings is 1. The number of nitrogens with zero attached hydrogens (tertiary/aromatic N) is 1. The average Bonchev–Trinajstić information content (AvgIpc) is 2.53. The molecule has 0 bridgehead atoms. The molecule has 0 spiro atoms. The minimum atomic E-state index is -0.431. The van der Waals surface area contributed by atoms with E-state index in [-0.39, 0.29) is 17.6 Å². The van der Waals surface area contributed by atoms with Crippen LogP contribution in [0.15, 0.2) is 24.3 Å². The van der Waals surface area contributed by atoms with E-state index >= 15 is 0 Å². The van der Waals surface area contributed by atoms with Crippen molar-refractivity contribution in [2.24, 2.45) is 5.92 Å². The fourth-order valence-corrected chi connectivity index (χ4v) is 2.61. The number of nitro benzene ring substituents is 1. The largest absolute Gasteiger partial charge is 0.351 e. The fraction of sp³-hybridized carbons (Fsp3) is 0.533. The molecule has 1 aromatic rings. The fourth-order valence-electron chi connectivity index (χ4n) is 2.61. The predicted octanol–water partition coefficient (Wildman–Crippen LogP) is 1.99. The second-order valence-electron chi connectivity index (χ2n) is 5.45. The Labute approximate surface area is 124 Å². The number of nitro groups is 1. The Balaban J connectivity index is 1.84. The van der Waals surface area contributed by atoms with Gasteiger partial charge in [0.2, 0.25) is 5.91 Å². The molecule has 1 amide bonds. The lowest BCUT2D eigenvalue weighted by atomic mass is 9.90. The van der Waals surface area contributed by atoms with Crippen LogP contribution in [-0.2, 0) is 11.3 Å². The summed E-state index contributed by atoms with van der Waals surface area (Å²) in [5.74, 6) is 0.618. The van der Waals surface area contributed by atoms with Crippen LogP contribution in [0.1, 0.15) is 31.7 Å². The second-order valence-corrected chi connectivity index (χ2v) is 5.45. The van der Waals surface area contributed by atoms with Gasteiger partial charge in [-0.05, 0) is 30.9 Å². The molecule has 1 heterocycles. The molecular weight excluding hydrogens is 270 g/mol. The van der Waals surface area contributed by atoms with E-state index in [1.54, 1.807) is 12.1 Å². The molecule has 1 fully saturated rings. The first-order valence-electron chi connectivity index (χ1n) is 7.34. The highest BCUT2D eigenvalue weighted by Crippen LogP contribution is 2.19. The maximum absolute atomic E-state index is 12.1. The normalized spacial score (nSPS) is 21.8. The molecule has 6 heteroatoms. The minimum absolute atomic E-state index is 0.00602. The van der Waals surface area contributed by atoms with Crippen LogP contribution in [0, 0.1) is 16.0 Å². The Hall–Kier alpha value is -1.95. The summed E-state index contributed by atoms with van der Waals surface area (Å²) in [6, 6.07) is 6.12. The number of non-ortho nitro benzene ring substituents is 1. The molecule has 0 radical (unpaired) electrons. The molecular formula is C15H21N3O3. The number of hydrogen-bond donors (Lipinski definition) is 2. The van der Waals surface area contributed by atoms with Gasteiger partial charge in [0.15, 0.2) is 0 Å². The van der Waals surface area contributed by atoms with Crippen molar-refractivity contribution >= 4 is 11.6 Å². The topological polar surface area (TPSA) is 84.3 Å². The van der Waals surface area contributed by atoms with Crippen molar-refractivity contribution in [3.63, 3.8) is 0 Å². The van der Waals surface area contributed by atoms with Gasteiger partial charge in [-0.2, -0.15) is 0 Å². The molecule has 2 N–H and O–H groups in total. The van der Waals surface area contributed by atoms with Gasteiger partial charge >= 0.3 is 0 Å². The van der Waals surface area contributed by atoms with E-state index in [0.717, 1.165) is 31.4 Å². The summed E-state index contributed by atoms with van der Waals surface area (Å²) in [6.45, 7) is 3.43. The lowest BCUT2D eigenvalue weighted by Gasteiger charge is -2.28. The third kappa shape index (κ3) is 4.26. The first-order chi connectivity index (χ1) is 10.1. The van der Waals surface area contributed by atoms with E-state index in [4.69, 9.17) is 0 Å². The molecule has 2 unspecified atom stereocenters. The van der Waals surface area contributed by atoms with Gasteiger partial charge in [0.1, 0.15) is 0 Å². The highest BCUT2D eigenvalue weighted by Gasteiger charge is 2.25. The molecule has 6 nitrogen and oxygen atoms in total. The minimum Gasteiger partial charge on any atom is -0.351 e. The maximum atomic E-state index is 12.1. The van der Waals surface area contributed by atoms with Crippen LogP contribution in [0.5, 0.6) is 0 Å². The quantitative estimate of drug-likeness (QED) is 0.642. The van der Waals surface area contributed by atoms with Gasteiger partial charge in [-0.25, -0.2) is 0 Å². The van der Waals surface area contributed by atoms with Crippen LogP contribution in [0.3, 0.4) is 0 Å². The molecule has 2 atom stereocenters. The van der Waals surface area contributed by atoms with Crippen molar-refractivity contribution in [3.05, 3.63) is 39.9 Å². The zero-order valence-electron chi connectivity index (χ0n) is 12.2. The highest BCUT2D eigenvalue weighted by atomic mass is 16.6. The maximum Gasteiger partial charge on any atom is 0.269 e. The lowest BCUT2D eigenvalue weighted by Crippen LogP contribution is -2.48. The number of carbonyl (C=O) groups excluding carboxylic acids is 1. The molecule has 1 aliphatic heterocycles. The summed E-state index contributed by atoms with van der Waals surface area (Å²) in [7, 11) is 0. The molecule has 1 saturated heterocycles. The predicted molar refractivity (Wildman–Crippen MR) is 79.7 cm³/mol. The molecule has 114 valence electrons. The smallest absolute Gasteiger partial charge is 0.269 e. The molecule has 0 saturated carbocycles. The van der Waals surface area contributed by atoms with E-state index in [0.29, 0.717) is 12.5 Å². The van der Waals surface area contributed by atoms with Crippen LogP contribution in [0.2, 0.25) is 0 Å². The number of rotatable bonds is 5. The first kappa shape index (κ1) is 15.4. The number of amides is 1. The van der Waals surface area contributed by atoms with Crippen LogP contribution in [0.25, 0.3) is 0 Å². The third-order valence-electron chi connectivity index (χ3n) is 4.02. The SMILES string of the molecule is CCC1CCNC(C(=O)NCc2ccc([N+](=O)[O-])cc2)C1. The van der Waals surface area contributed by atoms with Crippen molar-refractivity contribution in [2.45, 2.75) is 38.8 Å². The summed E-state index contributed by atoms with van der Waals surface area (Å²) in [5.41, 5.74) is 0.918. The van der Waals surface area contributed by atoms with Gasteiger partial charge in [0, 0.05) is 18.7 Å². The van der Waals surface area contributed by atoms with E-state index < -0.39 is 4.92 Å². The molecule has 0 aromatic heterocycles. The van der Waals surface area contributed by atoms with Crippen LogP contribution >= 0.6 is 0 Å². The van der Waals surface area contributed by atoms with E-state index in [1.807, 2.05) is 0 Å². The van der Waals surface area contributed by atoms with Crippen LogP contribution < -0.4 is 10.6 Å². The summed E-state index contributed by atoms with van der Waals surface area (Å²) in [6.07, 6.45) is 3.11. The second kappa shape index (κ2) is 7.17. The van der Waals surface area contributed by atoms with Crippen LogP contribution in [0.4, 0.5) is 5.69 Å². The van der Waals surface area contributed by atoms with Gasteiger partial charge in [0.05, 0.1) is 11.0 Å². The van der Waals surface area contributed by atoms with Crippen molar-refractivity contribution in [1.82, 2.24) is 10.6 Å². The summed E-state index contributed by atoms with van der Waals surface area (Å²) < 4.78 is 0. The zero-order chi connectivity index (χ0) is 15.2. The Bertz CT molecular complexity index is 501. The standard InChI is InChI=1S/C15H21N3O3/c1-2-11-7-8-16-14(9-11)15(19)17-10-12-3-5-13(6-4-12)18(20)21/h3-6,11,14,16H,2,7-10H2,1H3,(H,17,19). The Morgan fingerprint density at radius 1 is 1.43 bits per heavy atom. The van der Waals surface area contributed by atoms with Crippen molar-refractivity contribution < 1.29 is 9.72 Å². The molecule has 0 aliphatic carbocycles. The van der Waals surface area contributed by atoms with Crippen molar-refractivity contribution in [1.29, 1.82) is 0 Å². The average molecular weight is 291 g/mol. The monoisotopic (exact) mass is 291 g/mol. The van der Waals surface area contributed by atoms with Gasteiger partial charge in [-0.3, -0.25) is 14.9 Å². The molecule has 1 aliphatic rings. The molecule has 1 aromatic carbocycles. The van der Waals surface area contributed by atoms with Crippen molar-refractivity contribution in [3.8, 4) is 0 Å². The van der Waals surface area contributed by atoms with E-state index in [1.165, 1.54) is 12.1 Å². The summed E-state index contributed by atoms with van der Waals surface area (Å²) >= 11 is 0. The number of hydrogen-bond acceptors (Lipinski definition) is 4. The Morgan fingerprint density at radius 3 is 2.76 bits per heavy atom. The van der Waals surface area contributed by atoms with Crippen molar-refractivity contribution in [2.75, 3.05) is 6.54 Å². The summed E-state index contributed by atoms with van der Waals surface area (Å²) in [5, 5.41) is 16.7. The third-order valence-corrected chi connectivity index (χ3v) is 4.02. The Kier molecular flexibility index (Phi) is 5.27. The van der Waals surface area contributed by atoms with Gasteiger partial charge < -0.3 is 10.6 Å². The molecule has 21 heavy (non-hydrogen) atoms. The van der Waals surface area contributed by atoms with Gasteiger partial charge in [-0.1, -0.05) is 25.5 Å². The zero-order valence-corrected chi connectivity index (χ0v) is 12.2. The van der Waals surface area contributed by atoms with E-state index in [9.17, 15) is 14.9 Å². The van der Waals surface area contributed by atoms with E-state index in [2.05, 4.69) is 17.6 Å². The molecule has 2 rings (SSSR count). The van der Waals surface area contributed by atoms with Gasteiger partial charge in [0.25, 0.3) is 5.69 Å². The van der Waals surface area contributed by atoms with Gasteiger partial charge in [-0.15, -0.1) is 0 Å². The van der Waals surface area contributed by atoms with Crippen LogP contribution in [-0.4, -0.2) is 23.4 Å². The first-order valence-corrected chi connectivity index (χ1v) is 7.34. The number of carbonyl (C=O) groups is 1. The highest BCUT2D eigenvalue weighted by molar-refractivity contribution is 5.81. The summed E-state index contributed by atoms with van der Waals surface area (Å²) in [4.78, 5) is 22.3.